The third-order valence-electron chi connectivity index (χ3n) is 1.31. The van der Waals surface area contributed by atoms with Crippen LogP contribution in [0.1, 0.15) is 11.4 Å². The number of aryl methyl sites for hydroxylation is 2. The van der Waals surface area contributed by atoms with E-state index in [1.165, 1.54) is 0 Å². The van der Waals surface area contributed by atoms with Gasteiger partial charge in [0.05, 0.1) is 21.6 Å². The molecule has 48 valence electrons. The van der Waals surface area contributed by atoms with Gasteiger partial charge >= 0.3 is 0 Å². The SMILES string of the molecule is Cc1ncc([SiH3])nc1C. The van der Waals surface area contributed by atoms with Gasteiger partial charge in [0.1, 0.15) is 0 Å². The molecule has 0 saturated carbocycles. The van der Waals surface area contributed by atoms with E-state index < -0.39 is 0 Å². The van der Waals surface area contributed by atoms with Crippen LogP contribution in [0.4, 0.5) is 0 Å². The second-order valence-corrected chi connectivity index (χ2v) is 3.21. The summed E-state index contributed by atoms with van der Waals surface area (Å²) in [6.07, 6.45) is 1.84. The first-order chi connectivity index (χ1) is 4.20. The molecule has 0 amide bonds. The Kier molecular flexibility index (Phi) is 1.62. The van der Waals surface area contributed by atoms with Crippen LogP contribution in [0.25, 0.3) is 0 Å². The summed E-state index contributed by atoms with van der Waals surface area (Å²) in [4.78, 5) is 8.42. The van der Waals surface area contributed by atoms with Crippen LogP contribution in [0.5, 0.6) is 0 Å². The van der Waals surface area contributed by atoms with E-state index in [2.05, 4.69) is 9.97 Å². The Balaban J connectivity index is 3.17. The van der Waals surface area contributed by atoms with E-state index in [0.29, 0.717) is 0 Å². The van der Waals surface area contributed by atoms with Gasteiger partial charge in [0.2, 0.25) is 0 Å². The van der Waals surface area contributed by atoms with Gasteiger partial charge in [-0.05, 0) is 13.8 Å². The molecule has 1 aromatic heterocycles. The van der Waals surface area contributed by atoms with Crippen LogP contribution in [-0.2, 0) is 0 Å². The monoisotopic (exact) mass is 138 g/mol. The van der Waals surface area contributed by atoms with Crippen molar-refractivity contribution < 1.29 is 0 Å². The molecule has 0 aliphatic rings. The second-order valence-electron chi connectivity index (χ2n) is 2.18. The molecule has 0 atom stereocenters. The molecule has 1 heterocycles. The van der Waals surface area contributed by atoms with Crippen molar-refractivity contribution in [1.29, 1.82) is 0 Å². The first-order valence-electron chi connectivity index (χ1n) is 2.97. The second kappa shape index (κ2) is 2.27. The lowest BCUT2D eigenvalue weighted by atomic mass is 10.4. The smallest absolute Gasteiger partial charge is 0.0643 e. The van der Waals surface area contributed by atoms with Gasteiger partial charge in [-0.15, -0.1) is 0 Å². The van der Waals surface area contributed by atoms with Gasteiger partial charge in [-0.25, -0.2) is 0 Å². The molecule has 0 fully saturated rings. The van der Waals surface area contributed by atoms with E-state index in [4.69, 9.17) is 0 Å². The highest BCUT2D eigenvalue weighted by Crippen LogP contribution is 1.92. The molecule has 0 N–H and O–H groups in total. The maximum absolute atomic E-state index is 4.27. The van der Waals surface area contributed by atoms with Crippen LogP contribution >= 0.6 is 0 Å². The highest BCUT2D eigenvalue weighted by Gasteiger charge is 1.92. The predicted octanol–water partition coefficient (Wildman–Crippen LogP) is -0.916. The van der Waals surface area contributed by atoms with Crippen molar-refractivity contribution >= 4 is 15.6 Å². The summed E-state index contributed by atoms with van der Waals surface area (Å²) in [5.74, 6) is 0. The lowest BCUT2D eigenvalue weighted by molar-refractivity contribution is 1.07. The first kappa shape index (κ1) is 6.42. The zero-order chi connectivity index (χ0) is 6.85. The lowest BCUT2D eigenvalue weighted by Gasteiger charge is -1.96. The largest absolute Gasteiger partial charge is 0.261 e. The minimum atomic E-state index is 0.997. The van der Waals surface area contributed by atoms with Gasteiger partial charge in [0.15, 0.2) is 0 Å². The highest BCUT2D eigenvalue weighted by atomic mass is 28.1. The van der Waals surface area contributed by atoms with Crippen LogP contribution in [-0.4, -0.2) is 20.2 Å². The fourth-order valence-electron chi connectivity index (χ4n) is 0.658. The van der Waals surface area contributed by atoms with Gasteiger partial charge in [-0.1, -0.05) is 0 Å². The summed E-state index contributed by atoms with van der Waals surface area (Å²) >= 11 is 0. The molecule has 0 unspecified atom stereocenters. The fourth-order valence-corrected chi connectivity index (χ4v) is 1.12. The van der Waals surface area contributed by atoms with Crippen LogP contribution < -0.4 is 5.32 Å². The first-order valence-corrected chi connectivity index (χ1v) is 3.97. The molecule has 0 aromatic carbocycles. The molecule has 0 aliphatic carbocycles. The third-order valence-corrected chi connectivity index (χ3v) is 1.79. The Morgan fingerprint density at radius 2 is 2.00 bits per heavy atom. The number of rotatable bonds is 0. The van der Waals surface area contributed by atoms with Gasteiger partial charge in [0, 0.05) is 11.5 Å². The minimum Gasteiger partial charge on any atom is -0.261 e. The van der Waals surface area contributed by atoms with E-state index in [-0.39, 0.29) is 0 Å². The molecule has 1 aromatic rings. The highest BCUT2D eigenvalue weighted by molar-refractivity contribution is 6.30. The van der Waals surface area contributed by atoms with Crippen molar-refractivity contribution in [3.05, 3.63) is 17.6 Å². The molecule has 3 heteroatoms. The normalized spacial score (nSPS) is 10.0. The molecule has 0 aliphatic heterocycles. The number of aromatic nitrogens is 2. The van der Waals surface area contributed by atoms with E-state index in [1.807, 2.05) is 20.0 Å². The minimum absolute atomic E-state index is 0.997. The number of hydrogen-bond donors (Lipinski definition) is 0. The molecule has 1 rings (SSSR count). The van der Waals surface area contributed by atoms with Crippen LogP contribution in [0, 0.1) is 13.8 Å². The van der Waals surface area contributed by atoms with Crippen molar-refractivity contribution in [2.45, 2.75) is 13.8 Å². The molecule has 0 bridgehead atoms. The Hall–Kier alpha value is -0.703. The lowest BCUT2D eigenvalue weighted by Crippen LogP contribution is -2.11. The molecular weight excluding hydrogens is 128 g/mol. The van der Waals surface area contributed by atoms with E-state index in [1.54, 1.807) is 0 Å². The summed E-state index contributed by atoms with van der Waals surface area (Å²) in [6, 6.07) is 0. The van der Waals surface area contributed by atoms with Crippen molar-refractivity contribution in [3.63, 3.8) is 0 Å². The molecule has 0 radical (unpaired) electrons. The van der Waals surface area contributed by atoms with Gasteiger partial charge in [-0.3, -0.25) is 9.97 Å². The predicted molar refractivity (Wildman–Crippen MR) is 41.1 cm³/mol. The zero-order valence-electron chi connectivity index (χ0n) is 5.97. The average Bonchev–Trinajstić information content (AvgIpc) is 1.80. The summed E-state index contributed by atoms with van der Waals surface area (Å²) < 4.78 is 0. The molecule has 9 heavy (non-hydrogen) atoms. The van der Waals surface area contributed by atoms with E-state index in [0.717, 1.165) is 26.9 Å². The van der Waals surface area contributed by atoms with Crippen molar-refractivity contribution in [2.24, 2.45) is 0 Å². The van der Waals surface area contributed by atoms with E-state index in [9.17, 15) is 0 Å². The number of nitrogens with zero attached hydrogens (tertiary/aromatic N) is 2. The maximum Gasteiger partial charge on any atom is 0.0643 e. The third kappa shape index (κ3) is 1.35. The molecule has 0 spiro atoms. The van der Waals surface area contributed by atoms with Gasteiger partial charge in [0.25, 0.3) is 0 Å². The van der Waals surface area contributed by atoms with Crippen molar-refractivity contribution in [3.8, 4) is 0 Å². The topological polar surface area (TPSA) is 25.8 Å². The standard InChI is InChI=1S/C6H10N2Si/c1-4-5(2)8-6(9)3-7-4/h3H,1-2,9H3. The number of hydrogen-bond acceptors (Lipinski definition) is 2. The molecule has 0 saturated heterocycles. The van der Waals surface area contributed by atoms with Crippen molar-refractivity contribution in [2.75, 3.05) is 0 Å². The maximum atomic E-state index is 4.27. The summed E-state index contributed by atoms with van der Waals surface area (Å²) in [7, 11) is 0.997. The van der Waals surface area contributed by atoms with Gasteiger partial charge in [-0.2, -0.15) is 0 Å². The summed E-state index contributed by atoms with van der Waals surface area (Å²) in [5.41, 5.74) is 2.09. The molecular formula is C6H10N2Si. The summed E-state index contributed by atoms with van der Waals surface area (Å²) in [5, 5.41) is 1.12. The quantitative estimate of drug-likeness (QED) is 0.434. The van der Waals surface area contributed by atoms with Crippen molar-refractivity contribution in [1.82, 2.24) is 9.97 Å². The average molecular weight is 138 g/mol. The summed E-state index contributed by atoms with van der Waals surface area (Å²) in [6.45, 7) is 3.97. The van der Waals surface area contributed by atoms with E-state index >= 15 is 0 Å². The van der Waals surface area contributed by atoms with Gasteiger partial charge < -0.3 is 0 Å². The zero-order valence-corrected chi connectivity index (χ0v) is 7.97. The van der Waals surface area contributed by atoms with Crippen LogP contribution in [0.3, 0.4) is 0 Å². The van der Waals surface area contributed by atoms with Crippen LogP contribution in [0.15, 0.2) is 6.20 Å². The molecule has 2 nitrogen and oxygen atoms in total. The Morgan fingerprint density at radius 3 is 2.44 bits per heavy atom. The Morgan fingerprint density at radius 1 is 1.33 bits per heavy atom. The Bertz CT molecular complexity index is 222. The Labute approximate surface area is 57.8 Å². The van der Waals surface area contributed by atoms with Crippen LogP contribution in [0.2, 0.25) is 0 Å². The fraction of sp³-hybridized carbons (Fsp3) is 0.333.